The first-order valence-electron chi connectivity index (χ1n) is 10.5. The number of anilines is 1. The topological polar surface area (TPSA) is 80.0 Å². The first-order valence-corrected chi connectivity index (χ1v) is 11.7. The van der Waals surface area contributed by atoms with Crippen LogP contribution in [0, 0.1) is 6.92 Å². The van der Waals surface area contributed by atoms with Crippen LogP contribution in [0.5, 0.6) is 0 Å². The van der Waals surface area contributed by atoms with Gasteiger partial charge >= 0.3 is 0 Å². The largest absolute Gasteiger partial charge is 0.351 e. The fourth-order valence-electron chi connectivity index (χ4n) is 3.94. The van der Waals surface area contributed by atoms with E-state index in [4.69, 9.17) is 0 Å². The van der Waals surface area contributed by atoms with Crippen molar-refractivity contribution in [2.24, 2.45) is 0 Å². The molecule has 1 aliphatic rings. The molecular weight excluding hydrogens is 422 g/mol. The number of carbonyl (C=O) groups excluding carboxylic acids is 1. The highest BCUT2D eigenvalue weighted by Gasteiger charge is 2.26. The zero-order valence-corrected chi connectivity index (χ0v) is 18.8. The van der Waals surface area contributed by atoms with Crippen LogP contribution in [0.1, 0.15) is 15.9 Å². The Kier molecular flexibility index (Phi) is 5.48. The lowest BCUT2D eigenvalue weighted by Crippen LogP contribution is -2.49. The fourth-order valence-corrected chi connectivity index (χ4v) is 4.53. The van der Waals surface area contributed by atoms with E-state index in [1.54, 1.807) is 22.8 Å². The summed E-state index contributed by atoms with van der Waals surface area (Å²) in [4.78, 5) is 27.1. The van der Waals surface area contributed by atoms with Crippen molar-refractivity contribution in [3.8, 4) is 5.69 Å². The van der Waals surface area contributed by atoms with Gasteiger partial charge in [-0.2, -0.15) is 4.68 Å². The molecule has 1 aliphatic heterocycles. The molecule has 0 bridgehead atoms. The molecule has 0 radical (unpaired) electrons. The summed E-state index contributed by atoms with van der Waals surface area (Å²) in [6.45, 7) is 4.65. The molecule has 1 fully saturated rings. The van der Waals surface area contributed by atoms with E-state index >= 15 is 0 Å². The number of hydrogen-bond acceptors (Lipinski definition) is 7. The summed E-state index contributed by atoms with van der Waals surface area (Å²) in [6.07, 6.45) is 3.55. The normalized spacial score (nSPS) is 14.2. The second-order valence-corrected chi connectivity index (χ2v) is 8.53. The minimum absolute atomic E-state index is 0.0766. The molecule has 32 heavy (non-hydrogen) atoms. The van der Waals surface area contributed by atoms with Crippen LogP contribution in [-0.4, -0.2) is 68.2 Å². The number of fused-ring (bicyclic) bond motifs is 1. The van der Waals surface area contributed by atoms with E-state index in [-0.39, 0.29) is 5.91 Å². The van der Waals surface area contributed by atoms with Gasteiger partial charge in [-0.05, 0) is 37.4 Å². The lowest BCUT2D eigenvalue weighted by atomic mass is 10.2. The van der Waals surface area contributed by atoms with Gasteiger partial charge in [0.15, 0.2) is 17.0 Å². The monoisotopic (exact) mass is 445 g/mol. The minimum atomic E-state index is 0.0766. The Morgan fingerprint density at radius 3 is 2.47 bits per heavy atom. The molecule has 5 rings (SSSR count). The number of piperazine rings is 1. The van der Waals surface area contributed by atoms with Crippen molar-refractivity contribution in [3.63, 3.8) is 0 Å². The van der Waals surface area contributed by atoms with Gasteiger partial charge in [-0.15, -0.1) is 16.9 Å². The first-order chi connectivity index (χ1) is 15.7. The lowest BCUT2D eigenvalue weighted by molar-refractivity contribution is 0.0743. The molecule has 1 amide bonds. The lowest BCUT2D eigenvalue weighted by Gasteiger charge is -2.35. The van der Waals surface area contributed by atoms with Crippen molar-refractivity contribution in [1.29, 1.82) is 0 Å². The zero-order chi connectivity index (χ0) is 22.1. The highest BCUT2D eigenvalue weighted by Crippen LogP contribution is 2.25. The highest BCUT2D eigenvalue weighted by molar-refractivity contribution is 7.98. The number of rotatable bonds is 4. The molecule has 2 aromatic heterocycles. The van der Waals surface area contributed by atoms with E-state index < -0.39 is 0 Å². The molecule has 1 saturated heterocycles. The Morgan fingerprint density at radius 2 is 1.72 bits per heavy atom. The summed E-state index contributed by atoms with van der Waals surface area (Å²) in [5.74, 6) is 0.831. The third kappa shape index (κ3) is 3.69. The third-order valence-electron chi connectivity index (χ3n) is 5.70. The number of nitrogens with zero attached hydrogens (tertiary/aromatic N) is 7. The van der Waals surface area contributed by atoms with Crippen molar-refractivity contribution in [1.82, 2.24) is 29.9 Å². The van der Waals surface area contributed by atoms with Gasteiger partial charge in [-0.25, -0.2) is 9.97 Å². The summed E-state index contributed by atoms with van der Waals surface area (Å²) in [7, 11) is 0. The molecule has 8 nitrogen and oxygen atoms in total. The van der Waals surface area contributed by atoms with E-state index in [1.165, 1.54) is 5.56 Å². The SMILES string of the molecule is CSc1ccccc1C(=O)N1CCN(c2ncnc3c2nnn3-c2ccc(C)cc2)CC1. The quantitative estimate of drug-likeness (QED) is 0.446. The van der Waals surface area contributed by atoms with Crippen LogP contribution in [-0.2, 0) is 0 Å². The van der Waals surface area contributed by atoms with Crippen molar-refractivity contribution in [2.45, 2.75) is 11.8 Å². The maximum absolute atomic E-state index is 13.1. The van der Waals surface area contributed by atoms with Crippen LogP contribution in [0.15, 0.2) is 59.8 Å². The number of thioether (sulfide) groups is 1. The van der Waals surface area contributed by atoms with E-state index in [2.05, 4.69) is 25.2 Å². The summed E-state index contributed by atoms with van der Waals surface area (Å²) in [5.41, 5.74) is 4.19. The standard InChI is InChI=1S/C23H23N7OS/c1-16-7-9-17(10-8-16)30-22-20(26-27-30)21(24-15-25-22)28-11-13-29(14-12-28)23(31)18-5-3-4-6-19(18)32-2/h3-10,15H,11-14H2,1-2H3. The molecule has 0 spiro atoms. The maximum Gasteiger partial charge on any atom is 0.255 e. The molecule has 0 aliphatic carbocycles. The van der Waals surface area contributed by atoms with Crippen LogP contribution >= 0.6 is 11.8 Å². The Hall–Kier alpha value is -3.46. The van der Waals surface area contributed by atoms with Gasteiger partial charge in [0.25, 0.3) is 5.91 Å². The zero-order valence-electron chi connectivity index (χ0n) is 18.0. The Balaban J connectivity index is 1.36. The molecule has 0 unspecified atom stereocenters. The van der Waals surface area contributed by atoms with Crippen LogP contribution in [0.3, 0.4) is 0 Å². The maximum atomic E-state index is 13.1. The molecule has 0 atom stereocenters. The molecular formula is C23H23N7OS. The molecule has 162 valence electrons. The van der Waals surface area contributed by atoms with Crippen molar-refractivity contribution >= 4 is 34.7 Å². The van der Waals surface area contributed by atoms with E-state index in [0.717, 1.165) is 22.0 Å². The molecule has 9 heteroatoms. The van der Waals surface area contributed by atoms with Gasteiger partial charge in [-0.1, -0.05) is 35.0 Å². The number of hydrogen-bond donors (Lipinski definition) is 0. The van der Waals surface area contributed by atoms with Gasteiger partial charge in [0.1, 0.15) is 6.33 Å². The number of amides is 1. The average Bonchev–Trinajstić information content (AvgIpc) is 3.28. The molecule has 0 N–H and O–H groups in total. The van der Waals surface area contributed by atoms with Crippen LogP contribution in [0.25, 0.3) is 16.9 Å². The average molecular weight is 446 g/mol. The fraction of sp³-hybridized carbons (Fsp3) is 0.261. The summed E-state index contributed by atoms with van der Waals surface area (Å²) >= 11 is 1.60. The van der Waals surface area contributed by atoms with Gasteiger partial charge in [0.05, 0.1) is 11.3 Å². The van der Waals surface area contributed by atoms with Crippen LogP contribution in [0.4, 0.5) is 5.82 Å². The number of aryl methyl sites for hydroxylation is 1. The second-order valence-electron chi connectivity index (χ2n) is 7.69. The smallest absolute Gasteiger partial charge is 0.255 e. The van der Waals surface area contributed by atoms with Crippen molar-refractivity contribution in [3.05, 3.63) is 66.0 Å². The van der Waals surface area contributed by atoms with Gasteiger partial charge < -0.3 is 9.80 Å². The number of benzene rings is 2. The molecule has 2 aromatic carbocycles. The third-order valence-corrected chi connectivity index (χ3v) is 6.50. The minimum Gasteiger partial charge on any atom is -0.351 e. The number of carbonyl (C=O) groups is 1. The van der Waals surface area contributed by atoms with E-state index in [9.17, 15) is 4.79 Å². The summed E-state index contributed by atoms with van der Waals surface area (Å²) < 4.78 is 1.74. The molecule has 4 aromatic rings. The highest BCUT2D eigenvalue weighted by atomic mass is 32.2. The predicted molar refractivity (Wildman–Crippen MR) is 126 cm³/mol. The Labute approximate surface area is 190 Å². The summed E-state index contributed by atoms with van der Waals surface area (Å²) in [6, 6.07) is 15.8. The van der Waals surface area contributed by atoms with Crippen molar-refractivity contribution < 1.29 is 4.79 Å². The Bertz CT molecular complexity index is 1260. The second kappa shape index (κ2) is 8.58. The van der Waals surface area contributed by atoms with Gasteiger partial charge in [0, 0.05) is 31.1 Å². The Morgan fingerprint density at radius 1 is 0.969 bits per heavy atom. The summed E-state index contributed by atoms with van der Waals surface area (Å²) in [5, 5.41) is 8.70. The number of aromatic nitrogens is 5. The molecule has 0 saturated carbocycles. The van der Waals surface area contributed by atoms with E-state index in [0.29, 0.717) is 37.3 Å². The van der Waals surface area contributed by atoms with E-state index in [1.807, 2.05) is 66.6 Å². The first kappa shape index (κ1) is 20.4. The van der Waals surface area contributed by atoms with Crippen LogP contribution in [0.2, 0.25) is 0 Å². The molecule has 3 heterocycles. The predicted octanol–water partition coefficient (Wildman–Crippen LogP) is 3.20. The van der Waals surface area contributed by atoms with Gasteiger partial charge in [0.2, 0.25) is 0 Å². The van der Waals surface area contributed by atoms with Gasteiger partial charge in [-0.3, -0.25) is 4.79 Å². The van der Waals surface area contributed by atoms with Crippen LogP contribution < -0.4 is 4.90 Å². The van der Waals surface area contributed by atoms with Crippen molar-refractivity contribution in [2.75, 3.05) is 37.3 Å².